The van der Waals surface area contributed by atoms with Crippen LogP contribution in [0.2, 0.25) is 0 Å². The van der Waals surface area contributed by atoms with Crippen molar-refractivity contribution in [1.82, 2.24) is 15.0 Å². The van der Waals surface area contributed by atoms with E-state index in [1.165, 1.54) is 13.2 Å². The molecule has 0 aliphatic heterocycles. The average molecular weight is 361 g/mol. The standard InChI is InChI=1S/C12H11BrF2N4O2/c1-3-16-10-17-11(20-2)19-12(18-10)21-8-5-6(13)4-7(14)9(8)15/h4-5H,3H2,1-2H3,(H,16,17,18,19). The molecule has 0 spiro atoms. The van der Waals surface area contributed by atoms with Gasteiger partial charge in [-0.3, -0.25) is 0 Å². The van der Waals surface area contributed by atoms with E-state index in [2.05, 4.69) is 36.2 Å². The van der Waals surface area contributed by atoms with Crippen molar-refractivity contribution in [2.75, 3.05) is 19.0 Å². The lowest BCUT2D eigenvalue weighted by Crippen LogP contribution is -2.06. The first kappa shape index (κ1) is 15.4. The summed E-state index contributed by atoms with van der Waals surface area (Å²) in [7, 11) is 1.37. The van der Waals surface area contributed by atoms with Crippen LogP contribution in [0.1, 0.15) is 6.92 Å². The quantitative estimate of drug-likeness (QED) is 0.826. The lowest BCUT2D eigenvalue weighted by molar-refractivity contribution is 0.351. The summed E-state index contributed by atoms with van der Waals surface area (Å²) >= 11 is 3.05. The second-order valence-electron chi connectivity index (χ2n) is 3.76. The van der Waals surface area contributed by atoms with E-state index in [0.717, 1.165) is 6.07 Å². The maximum Gasteiger partial charge on any atom is 0.330 e. The van der Waals surface area contributed by atoms with Gasteiger partial charge in [-0.05, 0) is 19.1 Å². The van der Waals surface area contributed by atoms with E-state index in [4.69, 9.17) is 9.47 Å². The van der Waals surface area contributed by atoms with Gasteiger partial charge in [0.1, 0.15) is 0 Å². The topological polar surface area (TPSA) is 69.2 Å². The summed E-state index contributed by atoms with van der Waals surface area (Å²) in [6.45, 7) is 2.41. The minimum atomic E-state index is -1.14. The highest BCUT2D eigenvalue weighted by molar-refractivity contribution is 9.10. The van der Waals surface area contributed by atoms with Crippen molar-refractivity contribution >= 4 is 21.9 Å². The van der Waals surface area contributed by atoms with Crippen LogP contribution in [0.15, 0.2) is 16.6 Å². The third kappa shape index (κ3) is 3.75. The highest BCUT2D eigenvalue weighted by atomic mass is 79.9. The van der Waals surface area contributed by atoms with Crippen LogP contribution in [0.3, 0.4) is 0 Å². The molecule has 1 N–H and O–H groups in total. The molecule has 21 heavy (non-hydrogen) atoms. The Labute approximate surface area is 127 Å². The normalized spacial score (nSPS) is 10.3. The van der Waals surface area contributed by atoms with Crippen LogP contribution >= 0.6 is 15.9 Å². The molecule has 6 nitrogen and oxygen atoms in total. The Kier molecular flexibility index (Phi) is 4.84. The Morgan fingerprint density at radius 2 is 1.90 bits per heavy atom. The largest absolute Gasteiger partial charge is 0.467 e. The lowest BCUT2D eigenvalue weighted by Gasteiger charge is -2.09. The summed E-state index contributed by atoms with van der Waals surface area (Å²) in [5.74, 6) is -2.33. The molecule has 0 atom stereocenters. The Bertz CT molecular complexity index is 657. The van der Waals surface area contributed by atoms with E-state index in [1.54, 1.807) is 0 Å². The van der Waals surface area contributed by atoms with E-state index in [-0.39, 0.29) is 23.7 Å². The predicted molar refractivity (Wildman–Crippen MR) is 74.7 cm³/mol. The van der Waals surface area contributed by atoms with Crippen molar-refractivity contribution in [3.05, 3.63) is 28.2 Å². The number of nitrogens with zero attached hydrogens (tertiary/aromatic N) is 3. The van der Waals surface area contributed by atoms with E-state index in [1.807, 2.05) is 6.92 Å². The first-order valence-electron chi connectivity index (χ1n) is 5.89. The number of methoxy groups -OCH3 is 1. The van der Waals surface area contributed by atoms with Crippen molar-refractivity contribution in [3.63, 3.8) is 0 Å². The number of rotatable bonds is 5. The van der Waals surface area contributed by atoms with Crippen LogP contribution < -0.4 is 14.8 Å². The van der Waals surface area contributed by atoms with Crippen LogP contribution in [0.5, 0.6) is 17.8 Å². The van der Waals surface area contributed by atoms with E-state index >= 15 is 0 Å². The van der Waals surface area contributed by atoms with Gasteiger partial charge in [-0.2, -0.15) is 14.4 Å². The summed E-state index contributed by atoms with van der Waals surface area (Å²) < 4.78 is 37.4. The molecule has 0 aliphatic carbocycles. The van der Waals surface area contributed by atoms with Crippen LogP contribution in [0.4, 0.5) is 14.7 Å². The van der Waals surface area contributed by atoms with Crippen LogP contribution in [0, 0.1) is 11.6 Å². The van der Waals surface area contributed by atoms with Crippen molar-refractivity contribution in [2.45, 2.75) is 6.92 Å². The van der Waals surface area contributed by atoms with Gasteiger partial charge in [0.15, 0.2) is 11.6 Å². The van der Waals surface area contributed by atoms with Crippen molar-refractivity contribution in [3.8, 4) is 17.8 Å². The third-order valence-electron chi connectivity index (χ3n) is 2.27. The number of ether oxygens (including phenoxy) is 2. The Morgan fingerprint density at radius 3 is 2.57 bits per heavy atom. The van der Waals surface area contributed by atoms with Gasteiger partial charge in [0, 0.05) is 11.0 Å². The molecule has 2 rings (SSSR count). The zero-order valence-corrected chi connectivity index (χ0v) is 12.7. The van der Waals surface area contributed by atoms with Crippen molar-refractivity contribution < 1.29 is 18.3 Å². The van der Waals surface area contributed by atoms with Crippen LogP contribution in [0.25, 0.3) is 0 Å². The van der Waals surface area contributed by atoms with Gasteiger partial charge in [0.25, 0.3) is 0 Å². The number of hydrogen-bond donors (Lipinski definition) is 1. The Hall–Kier alpha value is -2.03. The van der Waals surface area contributed by atoms with Crippen molar-refractivity contribution in [2.24, 2.45) is 0 Å². The summed E-state index contributed by atoms with van der Waals surface area (Å²) in [6.07, 6.45) is 0. The van der Waals surface area contributed by atoms with Gasteiger partial charge in [-0.15, -0.1) is 4.98 Å². The molecule has 0 aliphatic rings. The molecule has 9 heteroatoms. The minimum Gasteiger partial charge on any atom is -0.467 e. The maximum atomic E-state index is 13.7. The minimum absolute atomic E-state index is 0.00757. The molecule has 2 aromatic rings. The molecule has 1 heterocycles. The Balaban J connectivity index is 2.37. The second kappa shape index (κ2) is 6.61. The highest BCUT2D eigenvalue weighted by Gasteiger charge is 2.15. The molecule has 112 valence electrons. The molecular weight excluding hydrogens is 350 g/mol. The first-order chi connectivity index (χ1) is 10.0. The zero-order chi connectivity index (χ0) is 15.4. The lowest BCUT2D eigenvalue weighted by atomic mass is 10.3. The van der Waals surface area contributed by atoms with Gasteiger partial charge in [-0.25, -0.2) is 4.39 Å². The van der Waals surface area contributed by atoms with Gasteiger partial charge >= 0.3 is 12.0 Å². The van der Waals surface area contributed by atoms with Gasteiger partial charge in [-0.1, -0.05) is 15.9 Å². The molecule has 0 unspecified atom stereocenters. The number of aromatic nitrogens is 3. The molecule has 0 amide bonds. The third-order valence-corrected chi connectivity index (χ3v) is 2.73. The van der Waals surface area contributed by atoms with Crippen molar-refractivity contribution in [1.29, 1.82) is 0 Å². The van der Waals surface area contributed by atoms with Gasteiger partial charge in [0.2, 0.25) is 11.8 Å². The SMILES string of the molecule is CCNc1nc(OC)nc(Oc2cc(Br)cc(F)c2F)n1. The molecule has 0 bridgehead atoms. The highest BCUT2D eigenvalue weighted by Crippen LogP contribution is 2.28. The summed E-state index contributed by atoms with van der Waals surface area (Å²) in [5.41, 5.74) is 0. The fourth-order valence-electron chi connectivity index (χ4n) is 1.42. The summed E-state index contributed by atoms with van der Waals surface area (Å²) in [4.78, 5) is 11.7. The number of benzene rings is 1. The molecule has 1 aromatic carbocycles. The summed E-state index contributed by atoms with van der Waals surface area (Å²) in [5, 5.41) is 2.85. The van der Waals surface area contributed by atoms with Crippen LogP contribution in [-0.4, -0.2) is 28.6 Å². The zero-order valence-electron chi connectivity index (χ0n) is 11.2. The van der Waals surface area contributed by atoms with E-state index in [9.17, 15) is 8.78 Å². The molecular formula is C12H11BrF2N4O2. The summed E-state index contributed by atoms with van der Waals surface area (Å²) in [6, 6.07) is 2.03. The molecule has 0 radical (unpaired) electrons. The second-order valence-corrected chi connectivity index (χ2v) is 4.68. The fraction of sp³-hybridized carbons (Fsp3) is 0.250. The van der Waals surface area contributed by atoms with Gasteiger partial charge in [0.05, 0.1) is 7.11 Å². The molecule has 0 fully saturated rings. The maximum absolute atomic E-state index is 13.7. The Morgan fingerprint density at radius 1 is 1.19 bits per heavy atom. The van der Waals surface area contributed by atoms with Gasteiger partial charge < -0.3 is 14.8 Å². The first-order valence-corrected chi connectivity index (χ1v) is 6.69. The monoisotopic (exact) mass is 360 g/mol. The molecule has 0 saturated heterocycles. The average Bonchev–Trinajstić information content (AvgIpc) is 2.44. The number of halogens is 3. The number of anilines is 1. The number of nitrogens with one attached hydrogen (secondary N) is 1. The van der Waals surface area contributed by atoms with E-state index < -0.39 is 11.6 Å². The number of hydrogen-bond acceptors (Lipinski definition) is 6. The smallest absolute Gasteiger partial charge is 0.330 e. The predicted octanol–water partition coefficient (Wildman–Crippen LogP) is 3.15. The van der Waals surface area contributed by atoms with Crippen LogP contribution in [-0.2, 0) is 0 Å². The molecule has 0 saturated carbocycles. The van der Waals surface area contributed by atoms with E-state index in [0.29, 0.717) is 11.0 Å². The molecule has 1 aromatic heterocycles. The fourth-order valence-corrected chi connectivity index (χ4v) is 1.83.